The van der Waals surface area contributed by atoms with Crippen LogP contribution in [0.4, 0.5) is 0 Å². The maximum absolute atomic E-state index is 5.41. The number of nitrogens with zero attached hydrogens (tertiary/aromatic N) is 5. The number of para-hydroxylation sites is 4. The number of rotatable bonds is 7. The maximum Gasteiger partial charge on any atom is 2.00 e. The van der Waals surface area contributed by atoms with E-state index in [4.69, 9.17) is 15.0 Å². The molecule has 3 aromatic heterocycles. The Balaban J connectivity index is 0.00000444. The smallest absolute Gasteiger partial charge is 0.348 e. The van der Waals surface area contributed by atoms with Crippen LogP contribution in [0, 0.1) is 43.2 Å². The standard InChI is InChI=1S/C57H35N5.U/c1-4-19-38(20-5-1)41-25-18-26-42(35-41)43-36-48(57-59-55(39-21-6-2-7-22-39)58-56(60-57)40-23-8-3-9-24-40)54(62-51-33-16-12-29-46(51)47-30-13-17-34-52(47)62)53(37-43)61-49-31-14-10-27-44(49)45-28-11-15-32-50(45)61;/h1-34,36H;/q-2;+2. The molecule has 0 atom stereocenters. The molecule has 12 rings (SSSR count). The number of benzene rings is 9. The van der Waals surface area contributed by atoms with Crippen LogP contribution in [0.15, 0.2) is 212 Å². The fourth-order valence-corrected chi connectivity index (χ4v) is 8.93. The van der Waals surface area contributed by atoms with Gasteiger partial charge in [-0.15, -0.1) is 17.7 Å². The summed E-state index contributed by atoms with van der Waals surface area (Å²) in [7, 11) is 0. The van der Waals surface area contributed by atoms with Gasteiger partial charge >= 0.3 is 31.1 Å². The van der Waals surface area contributed by atoms with Gasteiger partial charge in [-0.3, -0.25) is 0 Å². The van der Waals surface area contributed by atoms with Crippen molar-refractivity contribution in [1.29, 1.82) is 0 Å². The second-order valence-corrected chi connectivity index (χ2v) is 15.4. The zero-order valence-electron chi connectivity index (χ0n) is 33.9. The zero-order chi connectivity index (χ0) is 41.0. The van der Waals surface area contributed by atoms with Gasteiger partial charge < -0.3 is 9.13 Å². The summed E-state index contributed by atoms with van der Waals surface area (Å²) < 4.78 is 4.76. The van der Waals surface area contributed by atoms with Crippen molar-refractivity contribution in [3.8, 4) is 67.8 Å². The van der Waals surface area contributed by atoms with Gasteiger partial charge in [0, 0.05) is 43.7 Å². The molecular formula is C57H35N5U. The van der Waals surface area contributed by atoms with Crippen LogP contribution in [-0.4, -0.2) is 24.1 Å². The molecule has 0 saturated heterocycles. The molecule has 3 heterocycles. The Kier molecular flexibility index (Phi) is 9.89. The summed E-state index contributed by atoms with van der Waals surface area (Å²) >= 11 is 0. The Hall–Kier alpha value is -7.36. The Labute approximate surface area is 388 Å². The van der Waals surface area contributed by atoms with Crippen LogP contribution < -0.4 is 0 Å². The van der Waals surface area contributed by atoms with Crippen LogP contribution in [0.5, 0.6) is 0 Å². The summed E-state index contributed by atoms with van der Waals surface area (Å²) in [6.07, 6.45) is 0. The molecular weight excluding hydrogens is 993 g/mol. The molecule has 292 valence electrons. The Morgan fingerprint density at radius 2 is 0.714 bits per heavy atom. The average molecular weight is 1030 g/mol. The molecule has 0 amide bonds. The van der Waals surface area contributed by atoms with Crippen LogP contribution in [-0.2, 0) is 0 Å². The molecule has 0 fully saturated rings. The van der Waals surface area contributed by atoms with E-state index >= 15 is 0 Å². The SMILES string of the molecule is [U+2].[c-]1c(-c2[c-]c(-n3c4ccccc4c4ccccc43)c(-n3c4ccccc4c4ccccc43)c(-c3nc(-c4ccccc4)nc(-c4ccccc4)n3)c2)cccc1-c1ccccc1. The van der Waals surface area contributed by atoms with Crippen LogP contribution >= 0.6 is 0 Å². The first kappa shape index (κ1) is 38.6. The summed E-state index contributed by atoms with van der Waals surface area (Å²) in [6.45, 7) is 0. The minimum absolute atomic E-state index is 0. The summed E-state index contributed by atoms with van der Waals surface area (Å²) in [5.41, 5.74) is 12.5. The van der Waals surface area contributed by atoms with Crippen molar-refractivity contribution < 1.29 is 31.1 Å². The molecule has 0 N–H and O–H groups in total. The van der Waals surface area contributed by atoms with Crippen LogP contribution in [0.3, 0.4) is 0 Å². The van der Waals surface area contributed by atoms with E-state index in [2.05, 4.69) is 191 Å². The maximum atomic E-state index is 5.41. The van der Waals surface area contributed by atoms with Gasteiger partial charge in [-0.25, -0.2) is 20.5 Å². The average Bonchev–Trinajstić information content (AvgIpc) is 3.87. The largest absolute Gasteiger partial charge is 2.00 e. The molecule has 0 radical (unpaired) electrons. The molecule has 0 spiro atoms. The first-order valence-electron chi connectivity index (χ1n) is 20.8. The van der Waals surface area contributed by atoms with Gasteiger partial charge in [0.1, 0.15) is 5.82 Å². The van der Waals surface area contributed by atoms with Gasteiger partial charge in [-0.2, -0.15) is 29.8 Å². The quantitative estimate of drug-likeness (QED) is 0.149. The van der Waals surface area contributed by atoms with E-state index in [1.54, 1.807) is 0 Å². The molecule has 0 aliphatic carbocycles. The topological polar surface area (TPSA) is 48.5 Å². The number of hydrogen-bond donors (Lipinski definition) is 0. The van der Waals surface area contributed by atoms with Crippen LogP contribution in [0.25, 0.3) is 111 Å². The van der Waals surface area contributed by atoms with E-state index in [1.165, 1.54) is 0 Å². The Bertz CT molecular complexity index is 3470. The summed E-state index contributed by atoms with van der Waals surface area (Å²) in [6, 6.07) is 81.7. The third-order valence-electron chi connectivity index (χ3n) is 11.7. The van der Waals surface area contributed by atoms with Gasteiger partial charge in [0.15, 0.2) is 11.6 Å². The van der Waals surface area contributed by atoms with E-state index in [0.717, 1.165) is 93.9 Å². The van der Waals surface area contributed by atoms with Crippen LogP contribution in [0.2, 0.25) is 0 Å². The Morgan fingerprint density at radius 1 is 0.317 bits per heavy atom. The first-order valence-corrected chi connectivity index (χ1v) is 20.8. The van der Waals surface area contributed by atoms with Crippen molar-refractivity contribution in [2.24, 2.45) is 0 Å². The van der Waals surface area contributed by atoms with Gasteiger partial charge in [0.25, 0.3) is 0 Å². The van der Waals surface area contributed by atoms with E-state index in [0.29, 0.717) is 17.5 Å². The van der Waals surface area contributed by atoms with E-state index in [1.807, 2.05) is 42.5 Å². The normalized spacial score (nSPS) is 11.4. The number of hydrogen-bond acceptors (Lipinski definition) is 3. The molecule has 0 aliphatic heterocycles. The summed E-state index contributed by atoms with van der Waals surface area (Å²) in [5.74, 6) is 1.73. The van der Waals surface area contributed by atoms with Crippen molar-refractivity contribution in [2.45, 2.75) is 0 Å². The molecule has 63 heavy (non-hydrogen) atoms. The van der Waals surface area contributed by atoms with Crippen molar-refractivity contribution in [1.82, 2.24) is 24.1 Å². The van der Waals surface area contributed by atoms with Gasteiger partial charge in [0.2, 0.25) is 0 Å². The molecule has 6 heteroatoms. The van der Waals surface area contributed by atoms with Gasteiger partial charge in [0.05, 0.1) is 11.0 Å². The minimum atomic E-state index is 0. The minimum Gasteiger partial charge on any atom is -0.348 e. The Morgan fingerprint density at radius 3 is 1.21 bits per heavy atom. The third-order valence-corrected chi connectivity index (χ3v) is 11.7. The fourth-order valence-electron chi connectivity index (χ4n) is 8.93. The van der Waals surface area contributed by atoms with Crippen molar-refractivity contribution in [3.63, 3.8) is 0 Å². The van der Waals surface area contributed by atoms with E-state index in [9.17, 15) is 0 Å². The monoisotopic (exact) mass is 1030 g/mol. The molecule has 0 saturated carbocycles. The summed E-state index contributed by atoms with van der Waals surface area (Å²) in [4.78, 5) is 15.9. The van der Waals surface area contributed by atoms with E-state index < -0.39 is 0 Å². The second kappa shape index (κ2) is 16.2. The third kappa shape index (κ3) is 6.67. The molecule has 0 bridgehead atoms. The first-order chi connectivity index (χ1) is 30.8. The molecule has 0 aliphatic rings. The molecule has 5 nitrogen and oxygen atoms in total. The van der Waals surface area contributed by atoms with E-state index in [-0.39, 0.29) is 31.1 Å². The van der Waals surface area contributed by atoms with Crippen molar-refractivity contribution in [2.75, 3.05) is 0 Å². The number of aromatic nitrogens is 5. The zero-order valence-corrected chi connectivity index (χ0v) is 38.1. The second-order valence-electron chi connectivity index (χ2n) is 15.4. The molecule has 0 unspecified atom stereocenters. The molecule has 12 aromatic rings. The molecule has 9 aromatic carbocycles. The predicted molar refractivity (Wildman–Crippen MR) is 253 cm³/mol. The van der Waals surface area contributed by atoms with Crippen molar-refractivity contribution >= 4 is 43.6 Å². The number of fused-ring (bicyclic) bond motifs is 6. The fraction of sp³-hybridized carbons (Fsp3) is 0. The summed E-state index contributed by atoms with van der Waals surface area (Å²) in [5, 5.41) is 4.63. The van der Waals surface area contributed by atoms with Crippen molar-refractivity contribution in [3.05, 3.63) is 224 Å². The predicted octanol–water partition coefficient (Wildman–Crippen LogP) is 14.0. The van der Waals surface area contributed by atoms with Gasteiger partial charge in [-0.05, 0) is 41.2 Å². The van der Waals surface area contributed by atoms with Crippen LogP contribution in [0.1, 0.15) is 0 Å². The van der Waals surface area contributed by atoms with Gasteiger partial charge in [-0.1, -0.05) is 169 Å².